The van der Waals surface area contributed by atoms with E-state index in [-0.39, 0.29) is 5.56 Å². The Labute approximate surface area is 161 Å². The topological polar surface area (TPSA) is 47.8 Å². The van der Waals surface area contributed by atoms with Crippen LogP contribution in [0.15, 0.2) is 51.2 Å². The predicted molar refractivity (Wildman–Crippen MR) is 107 cm³/mol. The second-order valence-corrected chi connectivity index (χ2v) is 8.48. The summed E-state index contributed by atoms with van der Waals surface area (Å²) in [5.74, 6) is 0.680. The summed E-state index contributed by atoms with van der Waals surface area (Å²) in [6.07, 6.45) is 1.74. The van der Waals surface area contributed by atoms with Crippen molar-refractivity contribution in [3.63, 3.8) is 0 Å². The maximum Gasteiger partial charge on any atom is 0.263 e. The van der Waals surface area contributed by atoms with E-state index in [9.17, 15) is 4.79 Å². The molecule has 0 amide bonds. The fourth-order valence-corrected chi connectivity index (χ4v) is 5.26. The first-order valence-electron chi connectivity index (χ1n) is 7.39. The molecule has 0 bridgehead atoms. The lowest BCUT2D eigenvalue weighted by molar-refractivity contribution is 0.728. The number of nitrogens with zero attached hydrogens (tertiary/aromatic N) is 3. The highest BCUT2D eigenvalue weighted by atomic mass is 35.5. The molecule has 0 atom stereocenters. The molecule has 4 heterocycles. The van der Waals surface area contributed by atoms with Crippen LogP contribution in [0.1, 0.15) is 5.56 Å². The van der Waals surface area contributed by atoms with Gasteiger partial charge < -0.3 is 0 Å². The molecule has 25 heavy (non-hydrogen) atoms. The van der Waals surface area contributed by atoms with E-state index in [1.54, 1.807) is 35.2 Å². The summed E-state index contributed by atoms with van der Waals surface area (Å²) in [6.45, 7) is 0. The van der Waals surface area contributed by atoms with Crippen LogP contribution >= 0.6 is 46.0 Å². The third-order valence-corrected chi connectivity index (χ3v) is 6.82. The Hall–Kier alpha value is -1.67. The van der Waals surface area contributed by atoms with E-state index in [0.717, 1.165) is 20.8 Å². The lowest BCUT2D eigenvalue weighted by atomic mass is 10.2. The van der Waals surface area contributed by atoms with Gasteiger partial charge in [-0.2, -0.15) is 0 Å². The van der Waals surface area contributed by atoms with Crippen molar-refractivity contribution in [1.82, 2.24) is 14.5 Å². The molecule has 8 heteroatoms. The maximum atomic E-state index is 12.9. The van der Waals surface area contributed by atoms with Crippen LogP contribution in [-0.2, 0) is 12.8 Å². The van der Waals surface area contributed by atoms with Crippen LogP contribution in [0.5, 0.6) is 0 Å². The molecule has 4 aromatic heterocycles. The lowest BCUT2D eigenvalue weighted by Crippen LogP contribution is -2.19. The molecular weight excluding hydrogens is 394 g/mol. The molecule has 0 aromatic carbocycles. The van der Waals surface area contributed by atoms with Gasteiger partial charge in [-0.15, -0.1) is 22.7 Å². The average molecular weight is 406 g/mol. The number of thiophene rings is 2. The van der Waals surface area contributed by atoms with Crippen LogP contribution in [0, 0.1) is 0 Å². The third-order valence-electron chi connectivity index (χ3n) is 3.72. The molecule has 4 nitrogen and oxygen atoms in total. The zero-order valence-electron chi connectivity index (χ0n) is 13.1. The number of thioether (sulfide) groups is 1. The van der Waals surface area contributed by atoms with Crippen LogP contribution in [0.4, 0.5) is 0 Å². The van der Waals surface area contributed by atoms with Crippen molar-refractivity contribution in [3.05, 3.63) is 62.3 Å². The summed E-state index contributed by atoms with van der Waals surface area (Å²) in [7, 11) is 1.77. The Balaban J connectivity index is 1.70. The van der Waals surface area contributed by atoms with Crippen molar-refractivity contribution in [2.75, 3.05) is 0 Å². The number of aromatic nitrogens is 3. The number of pyridine rings is 1. The van der Waals surface area contributed by atoms with Gasteiger partial charge in [0, 0.05) is 34.8 Å². The van der Waals surface area contributed by atoms with Crippen molar-refractivity contribution in [3.8, 4) is 10.4 Å². The van der Waals surface area contributed by atoms with Crippen LogP contribution in [0.3, 0.4) is 0 Å². The van der Waals surface area contributed by atoms with Gasteiger partial charge in [0.05, 0.1) is 5.39 Å². The smallest absolute Gasteiger partial charge is 0.263 e. The molecule has 0 spiro atoms. The first kappa shape index (κ1) is 16.8. The van der Waals surface area contributed by atoms with Crippen LogP contribution < -0.4 is 5.56 Å². The van der Waals surface area contributed by atoms with Gasteiger partial charge in [0.25, 0.3) is 5.56 Å². The van der Waals surface area contributed by atoms with Crippen LogP contribution in [0.25, 0.3) is 20.7 Å². The SMILES string of the molecule is Cn1c(SCc2ccc(Cl)nc2)nc2scc(-c3cccs3)c2c1=O. The molecule has 126 valence electrons. The second kappa shape index (κ2) is 6.92. The number of rotatable bonds is 4. The number of halogens is 1. The predicted octanol–water partition coefficient (Wildman–Crippen LogP) is 5.06. The molecular formula is C17H12ClN3OS3. The van der Waals surface area contributed by atoms with Crippen LogP contribution in [-0.4, -0.2) is 14.5 Å². The van der Waals surface area contributed by atoms with Gasteiger partial charge in [-0.1, -0.05) is 35.5 Å². The fourth-order valence-electron chi connectivity index (χ4n) is 2.44. The molecule has 0 fully saturated rings. The van der Waals surface area contributed by atoms with E-state index in [2.05, 4.69) is 4.98 Å². The Morgan fingerprint density at radius 1 is 1.28 bits per heavy atom. The minimum Gasteiger partial charge on any atom is -0.290 e. The largest absolute Gasteiger partial charge is 0.290 e. The highest BCUT2D eigenvalue weighted by molar-refractivity contribution is 7.98. The van der Waals surface area contributed by atoms with Gasteiger partial charge in [-0.05, 0) is 23.1 Å². The highest BCUT2D eigenvalue weighted by Crippen LogP contribution is 2.34. The summed E-state index contributed by atoms with van der Waals surface area (Å²) in [5.41, 5.74) is 2.00. The molecule has 0 N–H and O–H groups in total. The Bertz CT molecular complexity index is 1080. The molecule has 0 aliphatic carbocycles. The Kier molecular flexibility index (Phi) is 4.64. The van der Waals surface area contributed by atoms with Crippen LogP contribution in [0.2, 0.25) is 5.15 Å². The van der Waals surface area contributed by atoms with Crippen molar-refractivity contribution in [2.45, 2.75) is 10.9 Å². The normalized spacial score (nSPS) is 11.3. The van der Waals surface area contributed by atoms with E-state index in [4.69, 9.17) is 16.6 Å². The summed E-state index contributed by atoms with van der Waals surface area (Å²) in [5, 5.41) is 5.91. The average Bonchev–Trinajstić information content (AvgIpc) is 3.27. The van der Waals surface area contributed by atoms with Gasteiger partial charge >= 0.3 is 0 Å². The molecule has 0 unspecified atom stereocenters. The van der Waals surface area contributed by atoms with Crippen molar-refractivity contribution in [2.24, 2.45) is 7.05 Å². The molecule has 0 aliphatic rings. The number of fused-ring (bicyclic) bond motifs is 1. The number of hydrogen-bond donors (Lipinski definition) is 0. The summed E-state index contributed by atoms with van der Waals surface area (Å²) in [6, 6.07) is 7.71. The Morgan fingerprint density at radius 2 is 2.16 bits per heavy atom. The molecule has 0 saturated heterocycles. The van der Waals surface area contributed by atoms with E-state index in [1.165, 1.54) is 23.1 Å². The zero-order valence-corrected chi connectivity index (χ0v) is 16.3. The molecule has 0 saturated carbocycles. The summed E-state index contributed by atoms with van der Waals surface area (Å²) in [4.78, 5) is 23.5. The van der Waals surface area contributed by atoms with E-state index in [1.807, 2.05) is 29.0 Å². The fraction of sp³-hybridized carbons (Fsp3) is 0.118. The van der Waals surface area contributed by atoms with E-state index < -0.39 is 0 Å². The molecule has 4 aromatic rings. The minimum absolute atomic E-state index is 0.00798. The van der Waals surface area contributed by atoms with Gasteiger partial charge in [0.15, 0.2) is 5.16 Å². The van der Waals surface area contributed by atoms with Crippen molar-refractivity contribution >= 4 is 56.3 Å². The van der Waals surface area contributed by atoms with E-state index >= 15 is 0 Å². The van der Waals surface area contributed by atoms with Crippen molar-refractivity contribution < 1.29 is 0 Å². The maximum absolute atomic E-state index is 12.9. The van der Waals surface area contributed by atoms with E-state index in [0.29, 0.717) is 21.4 Å². The van der Waals surface area contributed by atoms with Gasteiger partial charge in [-0.3, -0.25) is 9.36 Å². The summed E-state index contributed by atoms with van der Waals surface area (Å²) >= 11 is 10.5. The van der Waals surface area contributed by atoms with Gasteiger partial charge in [0.2, 0.25) is 0 Å². The van der Waals surface area contributed by atoms with Crippen molar-refractivity contribution in [1.29, 1.82) is 0 Å². The second-order valence-electron chi connectivity index (χ2n) is 5.34. The number of hydrogen-bond acceptors (Lipinski definition) is 6. The molecule has 0 aliphatic heterocycles. The monoisotopic (exact) mass is 405 g/mol. The lowest BCUT2D eigenvalue weighted by Gasteiger charge is -2.07. The molecule has 0 radical (unpaired) electrons. The first-order chi connectivity index (χ1) is 12.1. The third kappa shape index (κ3) is 3.25. The quantitative estimate of drug-likeness (QED) is 0.270. The molecule has 4 rings (SSSR count). The minimum atomic E-state index is -0.00798. The van der Waals surface area contributed by atoms with Gasteiger partial charge in [0.1, 0.15) is 9.98 Å². The standard InChI is InChI=1S/C17H12ClN3OS3/c1-21-16(22)14-11(12-3-2-6-23-12)9-24-15(14)20-17(21)25-8-10-4-5-13(18)19-7-10/h2-7,9H,8H2,1H3. The first-order valence-corrected chi connectivity index (χ1v) is 10.5. The zero-order chi connectivity index (χ0) is 17.4. The Morgan fingerprint density at radius 3 is 2.88 bits per heavy atom. The summed E-state index contributed by atoms with van der Waals surface area (Å²) < 4.78 is 1.63. The highest BCUT2D eigenvalue weighted by Gasteiger charge is 2.16. The van der Waals surface area contributed by atoms with Gasteiger partial charge in [-0.25, -0.2) is 9.97 Å².